The van der Waals surface area contributed by atoms with E-state index in [1.807, 2.05) is 67.1 Å². The SMILES string of the molecule is CCC(N[C]=O)(c1ccccc1)c1ccccc1. The lowest BCUT2D eigenvalue weighted by Crippen LogP contribution is -2.42. The lowest BCUT2D eigenvalue weighted by Gasteiger charge is -2.33. The van der Waals surface area contributed by atoms with Gasteiger partial charge in [-0.25, -0.2) is 0 Å². The van der Waals surface area contributed by atoms with Gasteiger partial charge in [0.05, 0.1) is 5.54 Å². The molecule has 0 saturated carbocycles. The Labute approximate surface area is 108 Å². The highest BCUT2D eigenvalue weighted by Crippen LogP contribution is 2.32. The molecule has 2 rings (SSSR count). The Hall–Kier alpha value is -2.09. The molecule has 2 heteroatoms. The highest BCUT2D eigenvalue weighted by atomic mass is 16.1. The molecule has 0 aliphatic heterocycles. The standard InChI is InChI=1S/C16H16NO/c1-2-16(17-13-18,14-9-5-3-6-10-14)15-11-7-4-8-12-15/h3-12H,2H2,1H3,(H,17,18). The monoisotopic (exact) mass is 238 g/mol. The third-order valence-corrected chi connectivity index (χ3v) is 3.33. The molecule has 2 nitrogen and oxygen atoms in total. The molecule has 1 radical (unpaired) electrons. The minimum Gasteiger partial charge on any atom is -0.334 e. The van der Waals surface area contributed by atoms with Gasteiger partial charge in [-0.1, -0.05) is 67.6 Å². The number of carbonyl (C=O) groups excluding carboxylic acids is 1. The van der Waals surface area contributed by atoms with Crippen molar-refractivity contribution in [2.45, 2.75) is 18.9 Å². The molecule has 18 heavy (non-hydrogen) atoms. The molecule has 0 spiro atoms. The first kappa shape index (κ1) is 12.4. The Morgan fingerprint density at radius 3 is 1.72 bits per heavy atom. The maximum atomic E-state index is 10.9. The van der Waals surface area contributed by atoms with Crippen molar-refractivity contribution in [1.82, 2.24) is 5.32 Å². The molecule has 1 N–H and O–H groups in total. The van der Waals surface area contributed by atoms with Crippen molar-refractivity contribution in [3.8, 4) is 0 Å². The zero-order valence-corrected chi connectivity index (χ0v) is 10.4. The summed E-state index contributed by atoms with van der Waals surface area (Å²) in [6, 6.07) is 20.0. The minimum absolute atomic E-state index is 0.496. The smallest absolute Gasteiger partial charge is 0.310 e. The summed E-state index contributed by atoms with van der Waals surface area (Å²) in [5.74, 6) is 0. The fourth-order valence-corrected chi connectivity index (χ4v) is 2.34. The highest BCUT2D eigenvalue weighted by Gasteiger charge is 2.31. The van der Waals surface area contributed by atoms with E-state index in [1.165, 1.54) is 0 Å². The average molecular weight is 238 g/mol. The van der Waals surface area contributed by atoms with E-state index in [1.54, 1.807) is 0 Å². The van der Waals surface area contributed by atoms with Crippen molar-refractivity contribution in [1.29, 1.82) is 0 Å². The van der Waals surface area contributed by atoms with E-state index >= 15 is 0 Å². The maximum absolute atomic E-state index is 10.9. The first-order valence-corrected chi connectivity index (χ1v) is 6.09. The summed E-state index contributed by atoms with van der Waals surface area (Å²) in [5.41, 5.74) is 1.65. The zero-order chi connectivity index (χ0) is 12.8. The van der Waals surface area contributed by atoms with Crippen LogP contribution in [-0.4, -0.2) is 6.41 Å². The molecule has 2 aromatic rings. The van der Waals surface area contributed by atoms with E-state index in [2.05, 4.69) is 12.2 Å². The van der Waals surface area contributed by atoms with Gasteiger partial charge in [0.25, 0.3) is 0 Å². The fraction of sp³-hybridized carbons (Fsp3) is 0.188. The minimum atomic E-state index is -0.496. The van der Waals surface area contributed by atoms with Crippen LogP contribution in [0.4, 0.5) is 0 Å². The van der Waals surface area contributed by atoms with E-state index in [0.717, 1.165) is 17.5 Å². The van der Waals surface area contributed by atoms with Crippen LogP contribution < -0.4 is 5.32 Å². The topological polar surface area (TPSA) is 29.1 Å². The van der Waals surface area contributed by atoms with E-state index in [9.17, 15) is 4.79 Å². The molecule has 0 bridgehead atoms. The van der Waals surface area contributed by atoms with Crippen LogP contribution in [-0.2, 0) is 10.3 Å². The molecule has 0 heterocycles. The van der Waals surface area contributed by atoms with Gasteiger partial charge in [-0.05, 0) is 17.5 Å². The van der Waals surface area contributed by atoms with E-state index in [-0.39, 0.29) is 0 Å². The second kappa shape index (κ2) is 5.50. The molecule has 0 saturated heterocycles. The Bertz CT molecular complexity index is 454. The number of nitrogens with one attached hydrogen (secondary N) is 1. The third-order valence-electron chi connectivity index (χ3n) is 3.33. The fourth-order valence-electron chi connectivity index (χ4n) is 2.34. The lowest BCUT2D eigenvalue weighted by molar-refractivity contribution is 0.433. The van der Waals surface area contributed by atoms with Gasteiger partial charge < -0.3 is 5.32 Å². The van der Waals surface area contributed by atoms with Crippen LogP contribution >= 0.6 is 0 Å². The van der Waals surface area contributed by atoms with Gasteiger partial charge in [0, 0.05) is 0 Å². The van der Waals surface area contributed by atoms with Crippen molar-refractivity contribution in [2.75, 3.05) is 0 Å². The second-order valence-corrected chi connectivity index (χ2v) is 4.22. The van der Waals surface area contributed by atoms with Gasteiger partial charge in [-0.2, -0.15) is 0 Å². The van der Waals surface area contributed by atoms with Crippen molar-refractivity contribution in [2.24, 2.45) is 0 Å². The van der Waals surface area contributed by atoms with Crippen LogP contribution in [0.5, 0.6) is 0 Å². The summed E-state index contributed by atoms with van der Waals surface area (Å²) in [7, 11) is 0. The van der Waals surface area contributed by atoms with Crippen LogP contribution in [0.25, 0.3) is 0 Å². The zero-order valence-electron chi connectivity index (χ0n) is 10.4. The Morgan fingerprint density at radius 2 is 1.39 bits per heavy atom. The molecular formula is C16H16NO. The third kappa shape index (κ3) is 2.14. The molecule has 0 aliphatic rings. The van der Waals surface area contributed by atoms with Crippen molar-refractivity contribution in [3.63, 3.8) is 0 Å². The van der Waals surface area contributed by atoms with Crippen molar-refractivity contribution >= 4 is 6.41 Å². The van der Waals surface area contributed by atoms with Gasteiger partial charge in [-0.15, -0.1) is 0 Å². The van der Waals surface area contributed by atoms with Gasteiger partial charge >= 0.3 is 6.41 Å². The molecule has 2 aromatic carbocycles. The molecule has 1 amide bonds. The molecule has 0 aromatic heterocycles. The normalized spacial score (nSPS) is 10.9. The van der Waals surface area contributed by atoms with Crippen LogP contribution in [0.1, 0.15) is 24.5 Å². The molecular weight excluding hydrogens is 222 g/mol. The molecule has 0 fully saturated rings. The van der Waals surface area contributed by atoms with Gasteiger partial charge in [0.2, 0.25) is 0 Å². The van der Waals surface area contributed by atoms with Gasteiger partial charge in [0.1, 0.15) is 0 Å². The van der Waals surface area contributed by atoms with E-state index in [0.29, 0.717) is 0 Å². The summed E-state index contributed by atoms with van der Waals surface area (Å²) in [5, 5.41) is 2.87. The number of rotatable bonds is 5. The second-order valence-electron chi connectivity index (χ2n) is 4.22. The highest BCUT2D eigenvalue weighted by molar-refractivity contribution is 5.54. The number of hydrogen-bond acceptors (Lipinski definition) is 1. The first-order valence-electron chi connectivity index (χ1n) is 6.09. The molecule has 91 valence electrons. The van der Waals surface area contributed by atoms with Crippen LogP contribution in [0, 0.1) is 0 Å². The predicted molar refractivity (Wildman–Crippen MR) is 72.8 cm³/mol. The number of hydrogen-bond donors (Lipinski definition) is 1. The molecule has 0 unspecified atom stereocenters. The van der Waals surface area contributed by atoms with E-state index in [4.69, 9.17) is 0 Å². The first-order chi connectivity index (χ1) is 8.83. The summed E-state index contributed by atoms with van der Waals surface area (Å²) in [6.07, 6.45) is 2.63. The number of amides is 1. The summed E-state index contributed by atoms with van der Waals surface area (Å²) < 4.78 is 0. The van der Waals surface area contributed by atoms with Crippen LogP contribution in [0.2, 0.25) is 0 Å². The lowest BCUT2D eigenvalue weighted by atomic mass is 9.81. The largest absolute Gasteiger partial charge is 0.334 e. The van der Waals surface area contributed by atoms with Crippen molar-refractivity contribution < 1.29 is 4.79 Å². The predicted octanol–water partition coefficient (Wildman–Crippen LogP) is 3.00. The Balaban J connectivity index is 2.57. The summed E-state index contributed by atoms with van der Waals surface area (Å²) in [6.45, 7) is 2.06. The quantitative estimate of drug-likeness (QED) is 0.797. The number of benzene rings is 2. The molecule has 0 aliphatic carbocycles. The maximum Gasteiger partial charge on any atom is 0.310 e. The van der Waals surface area contributed by atoms with E-state index < -0.39 is 5.54 Å². The van der Waals surface area contributed by atoms with Crippen molar-refractivity contribution in [3.05, 3.63) is 71.8 Å². The summed E-state index contributed by atoms with van der Waals surface area (Å²) >= 11 is 0. The Kier molecular flexibility index (Phi) is 3.78. The molecule has 0 atom stereocenters. The van der Waals surface area contributed by atoms with Crippen LogP contribution in [0.3, 0.4) is 0 Å². The van der Waals surface area contributed by atoms with Gasteiger partial charge in [-0.3, -0.25) is 4.79 Å². The Morgan fingerprint density at radius 1 is 0.944 bits per heavy atom. The average Bonchev–Trinajstić information content (AvgIpc) is 2.47. The van der Waals surface area contributed by atoms with Gasteiger partial charge in [0.15, 0.2) is 0 Å². The van der Waals surface area contributed by atoms with Crippen LogP contribution in [0.15, 0.2) is 60.7 Å². The summed E-state index contributed by atoms with van der Waals surface area (Å²) in [4.78, 5) is 10.9.